The summed E-state index contributed by atoms with van der Waals surface area (Å²) < 4.78 is 7.17. The van der Waals surface area contributed by atoms with Crippen LogP contribution in [0.1, 0.15) is 39.0 Å². The third-order valence-corrected chi connectivity index (χ3v) is 2.97. The molecule has 19 heavy (non-hydrogen) atoms. The largest absolute Gasteiger partial charge is 0.443 e. The molecule has 0 aliphatic carbocycles. The first-order valence-corrected chi connectivity index (χ1v) is 6.66. The van der Waals surface area contributed by atoms with Gasteiger partial charge in [-0.1, -0.05) is 18.6 Å². The number of hydrogen-bond acceptors (Lipinski definition) is 2. The fourth-order valence-corrected chi connectivity index (χ4v) is 2.18. The van der Waals surface area contributed by atoms with Gasteiger partial charge in [0.05, 0.1) is 5.52 Å². The molecule has 0 fully saturated rings. The van der Waals surface area contributed by atoms with Gasteiger partial charge in [-0.3, -0.25) is 0 Å². The van der Waals surface area contributed by atoms with Crippen LogP contribution in [-0.4, -0.2) is 16.3 Å². The zero-order valence-electron chi connectivity index (χ0n) is 12.3. The Bertz CT molecular complexity index is 617. The summed E-state index contributed by atoms with van der Waals surface area (Å²) in [6, 6.07) is 8.15. The Labute approximate surface area is 114 Å². The summed E-state index contributed by atoms with van der Waals surface area (Å²) in [6.45, 7) is 9.74. The van der Waals surface area contributed by atoms with Crippen LogP contribution >= 0.6 is 0 Å². The minimum atomic E-state index is -0.483. The first-order valence-electron chi connectivity index (χ1n) is 6.66. The number of rotatable bonds is 1. The van der Waals surface area contributed by atoms with Gasteiger partial charge in [0.25, 0.3) is 0 Å². The third kappa shape index (κ3) is 2.80. The van der Waals surface area contributed by atoms with E-state index in [1.807, 2.05) is 39.8 Å². The molecule has 0 bridgehead atoms. The third-order valence-electron chi connectivity index (χ3n) is 2.97. The van der Waals surface area contributed by atoms with Gasteiger partial charge in [-0.05, 0) is 52.3 Å². The molecule has 1 aromatic heterocycles. The maximum Gasteiger partial charge on any atom is 0.419 e. The molecular weight excluding hydrogens is 238 g/mol. The van der Waals surface area contributed by atoms with Gasteiger partial charge in [0, 0.05) is 11.1 Å². The van der Waals surface area contributed by atoms with Crippen molar-refractivity contribution in [3.05, 3.63) is 35.5 Å². The Kier molecular flexibility index (Phi) is 3.40. The number of benzene rings is 1. The molecule has 0 saturated heterocycles. The molecule has 3 heteroatoms. The van der Waals surface area contributed by atoms with Crippen molar-refractivity contribution in [1.29, 1.82) is 0 Å². The van der Waals surface area contributed by atoms with E-state index < -0.39 is 5.60 Å². The SMILES string of the molecule is CCc1cc2cc(C)ccc2n1C(=O)OC(C)(C)C. The second-order valence-electron chi connectivity index (χ2n) is 5.87. The number of carbonyl (C=O) groups excluding carboxylic acids is 1. The van der Waals surface area contributed by atoms with E-state index in [0.717, 1.165) is 23.0 Å². The molecule has 2 aromatic rings. The highest BCUT2D eigenvalue weighted by atomic mass is 16.6. The van der Waals surface area contributed by atoms with Gasteiger partial charge < -0.3 is 4.74 Å². The Morgan fingerprint density at radius 3 is 2.53 bits per heavy atom. The molecule has 0 aliphatic heterocycles. The summed E-state index contributed by atoms with van der Waals surface area (Å²) in [5.41, 5.74) is 2.60. The minimum absolute atomic E-state index is 0.303. The number of ether oxygens (including phenoxy) is 1. The van der Waals surface area contributed by atoms with Crippen LogP contribution in [0.5, 0.6) is 0 Å². The van der Waals surface area contributed by atoms with E-state index in [2.05, 4.69) is 19.1 Å². The van der Waals surface area contributed by atoms with Crippen LogP contribution in [0.2, 0.25) is 0 Å². The van der Waals surface area contributed by atoms with Crippen molar-refractivity contribution in [3.63, 3.8) is 0 Å². The van der Waals surface area contributed by atoms with E-state index in [4.69, 9.17) is 4.74 Å². The number of hydrogen-bond donors (Lipinski definition) is 0. The van der Waals surface area contributed by atoms with Crippen LogP contribution in [0.4, 0.5) is 4.79 Å². The quantitative estimate of drug-likeness (QED) is 0.764. The monoisotopic (exact) mass is 259 g/mol. The van der Waals surface area contributed by atoms with Crippen molar-refractivity contribution in [2.45, 2.75) is 46.6 Å². The first-order chi connectivity index (χ1) is 8.81. The van der Waals surface area contributed by atoms with Gasteiger partial charge in [-0.15, -0.1) is 0 Å². The van der Waals surface area contributed by atoms with Gasteiger partial charge in [0.2, 0.25) is 0 Å². The summed E-state index contributed by atoms with van der Waals surface area (Å²) in [5.74, 6) is 0. The van der Waals surface area contributed by atoms with E-state index in [1.54, 1.807) is 4.57 Å². The van der Waals surface area contributed by atoms with Crippen LogP contribution in [0, 0.1) is 6.92 Å². The topological polar surface area (TPSA) is 31.2 Å². The van der Waals surface area contributed by atoms with Crippen molar-refractivity contribution in [1.82, 2.24) is 4.57 Å². The van der Waals surface area contributed by atoms with Crippen LogP contribution in [-0.2, 0) is 11.2 Å². The molecule has 0 N–H and O–H groups in total. The second kappa shape index (κ2) is 4.72. The Morgan fingerprint density at radius 1 is 1.26 bits per heavy atom. The molecular formula is C16H21NO2. The van der Waals surface area contributed by atoms with E-state index in [1.165, 1.54) is 5.56 Å². The lowest BCUT2D eigenvalue weighted by Crippen LogP contribution is -2.27. The van der Waals surface area contributed by atoms with Gasteiger partial charge >= 0.3 is 6.09 Å². The molecule has 1 aromatic carbocycles. The van der Waals surface area contributed by atoms with E-state index in [-0.39, 0.29) is 6.09 Å². The molecule has 1 heterocycles. The van der Waals surface area contributed by atoms with Gasteiger partial charge in [-0.2, -0.15) is 0 Å². The smallest absolute Gasteiger partial charge is 0.419 e. The maximum atomic E-state index is 12.3. The highest BCUT2D eigenvalue weighted by Crippen LogP contribution is 2.23. The molecule has 0 radical (unpaired) electrons. The average Bonchev–Trinajstić information content (AvgIpc) is 2.63. The van der Waals surface area contributed by atoms with E-state index in [9.17, 15) is 4.79 Å². The fourth-order valence-electron chi connectivity index (χ4n) is 2.18. The van der Waals surface area contributed by atoms with Crippen LogP contribution < -0.4 is 0 Å². The number of nitrogens with zero attached hydrogens (tertiary/aromatic N) is 1. The summed E-state index contributed by atoms with van der Waals surface area (Å²) in [7, 11) is 0. The highest BCUT2D eigenvalue weighted by Gasteiger charge is 2.21. The van der Waals surface area contributed by atoms with E-state index in [0.29, 0.717) is 0 Å². The molecule has 0 amide bonds. The average molecular weight is 259 g/mol. The van der Waals surface area contributed by atoms with Crippen LogP contribution in [0.25, 0.3) is 10.9 Å². The Balaban J connectivity index is 2.54. The minimum Gasteiger partial charge on any atom is -0.443 e. The van der Waals surface area contributed by atoms with Crippen molar-refractivity contribution >= 4 is 17.0 Å². The van der Waals surface area contributed by atoms with Crippen LogP contribution in [0.3, 0.4) is 0 Å². The lowest BCUT2D eigenvalue weighted by Gasteiger charge is -2.20. The number of aryl methyl sites for hydroxylation is 2. The second-order valence-corrected chi connectivity index (χ2v) is 5.87. The number of carbonyl (C=O) groups is 1. The molecule has 0 aliphatic rings. The zero-order valence-corrected chi connectivity index (χ0v) is 12.3. The highest BCUT2D eigenvalue weighted by molar-refractivity contribution is 5.91. The molecule has 3 nitrogen and oxygen atoms in total. The van der Waals surface area contributed by atoms with Gasteiger partial charge in [0.15, 0.2) is 0 Å². The summed E-state index contributed by atoms with van der Waals surface area (Å²) in [6.07, 6.45) is 0.496. The number of aromatic nitrogens is 1. The first kappa shape index (κ1) is 13.7. The van der Waals surface area contributed by atoms with E-state index >= 15 is 0 Å². The molecule has 0 unspecified atom stereocenters. The lowest BCUT2D eigenvalue weighted by molar-refractivity contribution is 0.0540. The standard InChI is InChI=1S/C16H21NO2/c1-6-13-10-12-9-11(2)7-8-14(12)17(13)15(18)19-16(3,4)5/h7-10H,6H2,1-5H3. The normalized spacial score (nSPS) is 11.8. The Hall–Kier alpha value is -1.77. The summed E-state index contributed by atoms with van der Waals surface area (Å²) >= 11 is 0. The predicted molar refractivity (Wildman–Crippen MR) is 77.7 cm³/mol. The molecule has 102 valence electrons. The zero-order chi connectivity index (χ0) is 14.2. The lowest BCUT2D eigenvalue weighted by atomic mass is 10.2. The van der Waals surface area contributed by atoms with Crippen molar-refractivity contribution < 1.29 is 9.53 Å². The molecule has 0 spiro atoms. The molecule has 0 saturated carbocycles. The fraction of sp³-hybridized carbons (Fsp3) is 0.438. The van der Waals surface area contributed by atoms with Crippen molar-refractivity contribution in [3.8, 4) is 0 Å². The number of fused-ring (bicyclic) bond motifs is 1. The molecule has 0 atom stereocenters. The van der Waals surface area contributed by atoms with Gasteiger partial charge in [-0.25, -0.2) is 9.36 Å². The van der Waals surface area contributed by atoms with Gasteiger partial charge in [0.1, 0.15) is 5.60 Å². The van der Waals surface area contributed by atoms with Crippen LogP contribution in [0.15, 0.2) is 24.3 Å². The molecule has 2 rings (SSSR count). The predicted octanol–water partition coefficient (Wildman–Crippen LogP) is 4.30. The van der Waals surface area contributed by atoms with Crippen molar-refractivity contribution in [2.75, 3.05) is 0 Å². The van der Waals surface area contributed by atoms with Crippen molar-refractivity contribution in [2.24, 2.45) is 0 Å². The Morgan fingerprint density at radius 2 is 1.95 bits per heavy atom. The maximum absolute atomic E-state index is 12.3. The summed E-state index contributed by atoms with van der Waals surface area (Å²) in [4.78, 5) is 12.3. The summed E-state index contributed by atoms with van der Waals surface area (Å²) in [5, 5.41) is 1.09.